The average Bonchev–Trinajstić information content (AvgIpc) is 3.54. The van der Waals surface area contributed by atoms with Crippen molar-refractivity contribution in [3.05, 3.63) is 65.8 Å². The van der Waals surface area contributed by atoms with Crippen LogP contribution < -0.4 is 0 Å². The summed E-state index contributed by atoms with van der Waals surface area (Å²) < 4.78 is 0. The lowest BCUT2D eigenvalue weighted by atomic mass is 10.2. The summed E-state index contributed by atoms with van der Waals surface area (Å²) in [4.78, 5) is 25.6. The number of carbonyl (C=O) groups excluding carboxylic acids is 1. The molecular weight excluding hydrogens is 324 g/mol. The van der Waals surface area contributed by atoms with Crippen LogP contribution in [0.4, 0.5) is 0 Å². The minimum atomic E-state index is 0.0480. The highest BCUT2D eigenvalue weighted by Gasteiger charge is 2.27. The van der Waals surface area contributed by atoms with E-state index in [1.807, 2.05) is 23.1 Å². The number of piperazine rings is 1. The summed E-state index contributed by atoms with van der Waals surface area (Å²) >= 11 is 0. The predicted molar refractivity (Wildman–Crippen MR) is 102 cm³/mol. The summed E-state index contributed by atoms with van der Waals surface area (Å²) in [5.41, 5.74) is 1.82. The molecule has 0 unspecified atom stereocenters. The highest BCUT2D eigenvalue weighted by molar-refractivity contribution is 5.93. The summed E-state index contributed by atoms with van der Waals surface area (Å²) in [5, 5.41) is 0. The molecule has 2 aliphatic rings. The van der Waals surface area contributed by atoms with Crippen LogP contribution in [0, 0.1) is 0 Å². The third-order valence-corrected chi connectivity index (χ3v) is 4.99. The van der Waals surface area contributed by atoms with Crippen molar-refractivity contribution < 1.29 is 4.79 Å². The molecule has 5 nitrogen and oxygen atoms in total. The lowest BCUT2D eigenvalue weighted by Gasteiger charge is -2.34. The van der Waals surface area contributed by atoms with E-state index in [0.717, 1.165) is 38.5 Å². The Morgan fingerprint density at radius 3 is 2.38 bits per heavy atom. The molecule has 1 aliphatic heterocycles. The van der Waals surface area contributed by atoms with Crippen LogP contribution in [-0.2, 0) is 0 Å². The number of benzene rings is 1. The molecule has 134 valence electrons. The number of hydrogen-bond acceptors (Lipinski definition) is 4. The second kappa shape index (κ2) is 7.79. The minimum absolute atomic E-state index is 0.0480. The largest absolute Gasteiger partial charge is 0.336 e. The van der Waals surface area contributed by atoms with Crippen LogP contribution in [0.25, 0.3) is 6.08 Å². The maximum absolute atomic E-state index is 12.6. The third-order valence-electron chi connectivity index (χ3n) is 4.99. The summed E-state index contributed by atoms with van der Waals surface area (Å²) in [7, 11) is 0. The first kappa shape index (κ1) is 16.9. The van der Waals surface area contributed by atoms with Crippen LogP contribution in [0.3, 0.4) is 0 Å². The Morgan fingerprint density at radius 1 is 1.04 bits per heavy atom. The number of rotatable bonds is 5. The second-order valence-corrected chi connectivity index (χ2v) is 7.01. The molecule has 5 heteroatoms. The SMILES string of the molecule is O=C(c1cnc(C2CC2)nc1)N1CCN(CC=Cc2ccccc2)CC1. The third kappa shape index (κ3) is 4.17. The van der Waals surface area contributed by atoms with Crippen LogP contribution in [-0.4, -0.2) is 58.4 Å². The Morgan fingerprint density at radius 2 is 1.73 bits per heavy atom. The van der Waals surface area contributed by atoms with Gasteiger partial charge in [-0.05, 0) is 18.4 Å². The van der Waals surface area contributed by atoms with E-state index >= 15 is 0 Å². The zero-order valence-electron chi connectivity index (χ0n) is 14.9. The van der Waals surface area contributed by atoms with Gasteiger partial charge in [-0.1, -0.05) is 42.5 Å². The maximum atomic E-state index is 12.6. The molecule has 2 heterocycles. The Hall–Kier alpha value is -2.53. The molecular formula is C21H24N4O. The molecule has 1 aromatic carbocycles. The fraction of sp³-hybridized carbons (Fsp3) is 0.381. The van der Waals surface area contributed by atoms with Crippen molar-refractivity contribution in [3.63, 3.8) is 0 Å². The number of hydrogen-bond donors (Lipinski definition) is 0. The molecule has 0 atom stereocenters. The van der Waals surface area contributed by atoms with Gasteiger partial charge >= 0.3 is 0 Å². The fourth-order valence-corrected chi connectivity index (χ4v) is 3.22. The lowest BCUT2D eigenvalue weighted by molar-refractivity contribution is 0.0649. The maximum Gasteiger partial charge on any atom is 0.257 e. The van der Waals surface area contributed by atoms with E-state index in [4.69, 9.17) is 0 Å². The van der Waals surface area contributed by atoms with Gasteiger partial charge in [-0.25, -0.2) is 9.97 Å². The molecule has 1 aliphatic carbocycles. The lowest BCUT2D eigenvalue weighted by Crippen LogP contribution is -2.48. The number of nitrogens with zero attached hydrogens (tertiary/aromatic N) is 4. The number of aromatic nitrogens is 2. The van der Waals surface area contributed by atoms with E-state index in [2.05, 4.69) is 39.2 Å². The van der Waals surface area contributed by atoms with E-state index < -0.39 is 0 Å². The molecule has 0 radical (unpaired) electrons. The Labute approximate surface area is 154 Å². The van der Waals surface area contributed by atoms with Crippen molar-refractivity contribution in [3.8, 4) is 0 Å². The highest BCUT2D eigenvalue weighted by atomic mass is 16.2. The molecule has 1 saturated heterocycles. The quantitative estimate of drug-likeness (QED) is 0.834. The van der Waals surface area contributed by atoms with Gasteiger partial charge in [0.15, 0.2) is 0 Å². The van der Waals surface area contributed by atoms with E-state index in [1.54, 1.807) is 12.4 Å². The first-order valence-corrected chi connectivity index (χ1v) is 9.35. The topological polar surface area (TPSA) is 49.3 Å². The first-order valence-electron chi connectivity index (χ1n) is 9.35. The van der Waals surface area contributed by atoms with Gasteiger partial charge in [-0.2, -0.15) is 0 Å². The molecule has 2 fully saturated rings. The standard InChI is InChI=1S/C21H24N4O/c26-21(19-15-22-20(23-16-19)18-8-9-18)25-13-11-24(12-14-25)10-4-7-17-5-2-1-3-6-17/h1-7,15-16,18H,8-14H2. The van der Waals surface area contributed by atoms with Crippen LogP contribution >= 0.6 is 0 Å². The smallest absolute Gasteiger partial charge is 0.257 e. The number of carbonyl (C=O) groups is 1. The molecule has 1 saturated carbocycles. The van der Waals surface area contributed by atoms with Crippen LogP contribution in [0.1, 0.15) is 40.5 Å². The molecule has 4 rings (SSSR count). The Kier molecular flexibility index (Phi) is 5.07. The molecule has 0 spiro atoms. The fourth-order valence-electron chi connectivity index (χ4n) is 3.22. The van der Waals surface area contributed by atoms with Gasteiger partial charge in [0.05, 0.1) is 5.56 Å². The molecule has 26 heavy (non-hydrogen) atoms. The van der Waals surface area contributed by atoms with Crippen LogP contribution in [0.2, 0.25) is 0 Å². The summed E-state index contributed by atoms with van der Waals surface area (Å²) in [6.45, 7) is 4.21. The summed E-state index contributed by atoms with van der Waals surface area (Å²) in [6, 6.07) is 10.3. The van der Waals surface area contributed by atoms with Crippen molar-refractivity contribution in [1.82, 2.24) is 19.8 Å². The number of amides is 1. The van der Waals surface area contributed by atoms with Crippen molar-refractivity contribution in [2.24, 2.45) is 0 Å². The van der Waals surface area contributed by atoms with E-state index in [-0.39, 0.29) is 5.91 Å². The zero-order chi connectivity index (χ0) is 17.8. The van der Waals surface area contributed by atoms with Crippen molar-refractivity contribution in [1.29, 1.82) is 0 Å². The van der Waals surface area contributed by atoms with Gasteiger partial charge in [-0.3, -0.25) is 9.69 Å². The predicted octanol–water partition coefficient (Wildman–Crippen LogP) is 2.83. The van der Waals surface area contributed by atoms with Gasteiger partial charge < -0.3 is 4.90 Å². The van der Waals surface area contributed by atoms with E-state index in [9.17, 15) is 4.79 Å². The summed E-state index contributed by atoms with van der Waals surface area (Å²) in [5.74, 6) is 1.45. The van der Waals surface area contributed by atoms with Gasteiger partial charge in [0.2, 0.25) is 0 Å². The monoisotopic (exact) mass is 348 g/mol. The summed E-state index contributed by atoms with van der Waals surface area (Å²) in [6.07, 6.45) is 10.1. The van der Waals surface area contributed by atoms with Gasteiger partial charge in [-0.15, -0.1) is 0 Å². The Bertz CT molecular complexity index is 760. The minimum Gasteiger partial charge on any atom is -0.336 e. The van der Waals surface area contributed by atoms with Crippen LogP contribution in [0.15, 0.2) is 48.8 Å². The van der Waals surface area contributed by atoms with Crippen molar-refractivity contribution in [2.75, 3.05) is 32.7 Å². The van der Waals surface area contributed by atoms with E-state index in [1.165, 1.54) is 18.4 Å². The van der Waals surface area contributed by atoms with Crippen molar-refractivity contribution in [2.45, 2.75) is 18.8 Å². The average molecular weight is 348 g/mol. The normalized spacial score (nSPS) is 18.4. The van der Waals surface area contributed by atoms with Crippen molar-refractivity contribution >= 4 is 12.0 Å². The molecule has 0 N–H and O–H groups in total. The highest BCUT2D eigenvalue weighted by Crippen LogP contribution is 2.37. The molecule has 1 amide bonds. The van der Waals surface area contributed by atoms with Gasteiger partial charge in [0, 0.05) is 51.0 Å². The van der Waals surface area contributed by atoms with E-state index in [0.29, 0.717) is 11.5 Å². The molecule has 2 aromatic rings. The first-order chi connectivity index (χ1) is 12.8. The van der Waals surface area contributed by atoms with Gasteiger partial charge in [0.25, 0.3) is 5.91 Å². The molecule has 1 aromatic heterocycles. The molecule has 0 bridgehead atoms. The second-order valence-electron chi connectivity index (χ2n) is 7.01. The van der Waals surface area contributed by atoms with Crippen LogP contribution in [0.5, 0.6) is 0 Å². The van der Waals surface area contributed by atoms with Gasteiger partial charge in [0.1, 0.15) is 5.82 Å². The zero-order valence-corrected chi connectivity index (χ0v) is 14.9. The Balaban J connectivity index is 1.26.